The molecule has 3 aromatic carbocycles. The number of nitrogens with one attached hydrogen (secondary N) is 1. The summed E-state index contributed by atoms with van der Waals surface area (Å²) < 4.78 is 23.5. The minimum absolute atomic E-state index is 0.164. The van der Waals surface area contributed by atoms with E-state index >= 15 is 0 Å². The highest BCUT2D eigenvalue weighted by atomic mass is 31.1. The predicted molar refractivity (Wildman–Crippen MR) is 144 cm³/mol. The van der Waals surface area contributed by atoms with Gasteiger partial charge in [0.2, 0.25) is 0 Å². The van der Waals surface area contributed by atoms with Crippen molar-refractivity contribution in [3.05, 3.63) is 102 Å². The normalized spacial score (nSPS) is 13.0. The van der Waals surface area contributed by atoms with E-state index in [1.807, 2.05) is 86.6 Å². The van der Waals surface area contributed by atoms with Gasteiger partial charge in [-0.2, -0.15) is 0 Å². The highest BCUT2D eigenvalue weighted by molar-refractivity contribution is 7.24. The van der Waals surface area contributed by atoms with Gasteiger partial charge in [0, 0.05) is 11.3 Å². The Labute approximate surface area is 214 Å². The molecule has 3 unspecified atom stereocenters. The lowest BCUT2D eigenvalue weighted by atomic mass is 9.97. The molecule has 0 fully saturated rings. The average Bonchev–Trinajstić information content (AvgIpc) is 2.90. The van der Waals surface area contributed by atoms with E-state index < -0.39 is 20.2 Å². The highest BCUT2D eigenvalue weighted by Gasteiger charge is 2.30. The van der Waals surface area contributed by atoms with E-state index in [1.54, 1.807) is 12.1 Å². The Balaban J connectivity index is 1.52. The first-order chi connectivity index (χ1) is 17.5. The number of hydrogen-bond acceptors (Lipinski definition) is 5. The van der Waals surface area contributed by atoms with Crippen molar-refractivity contribution in [2.45, 2.75) is 39.1 Å². The summed E-state index contributed by atoms with van der Waals surface area (Å²) >= 11 is 0. The summed E-state index contributed by atoms with van der Waals surface area (Å²) in [6, 6.07) is 26.1. The molecule has 0 saturated heterocycles. The van der Waals surface area contributed by atoms with Gasteiger partial charge in [0.05, 0.1) is 21.0 Å². The van der Waals surface area contributed by atoms with Crippen LogP contribution in [-0.4, -0.2) is 24.3 Å². The molecule has 0 aromatic heterocycles. The molecule has 0 bridgehead atoms. The van der Waals surface area contributed by atoms with Crippen molar-refractivity contribution in [1.82, 2.24) is 0 Å². The van der Waals surface area contributed by atoms with Gasteiger partial charge in [-0.3, -0.25) is 9.59 Å². The number of amides is 1. The number of ether oxygens (including phenoxy) is 2. The Morgan fingerprint density at radius 3 is 2.11 bits per heavy atom. The minimum Gasteiger partial charge on any atom is -0.461 e. The monoisotopic (exact) mass is 507 g/mol. The van der Waals surface area contributed by atoms with E-state index in [9.17, 15) is 14.2 Å². The SMILES string of the molecule is CC(C)CC(C(=O)OCc1ccccc1)C(OCCc1ccc(NC(=O)c2ccccc2)cc1)[PH2]=O. The number of esters is 1. The maximum Gasteiger partial charge on any atom is 0.312 e. The summed E-state index contributed by atoms with van der Waals surface area (Å²) in [4.78, 5) is 25.2. The smallest absolute Gasteiger partial charge is 0.312 e. The number of anilines is 1. The number of rotatable bonds is 13. The van der Waals surface area contributed by atoms with Gasteiger partial charge in [-0.1, -0.05) is 74.5 Å². The van der Waals surface area contributed by atoms with E-state index in [1.165, 1.54) is 0 Å². The van der Waals surface area contributed by atoms with Gasteiger partial charge in [0.15, 0.2) is 0 Å². The maximum atomic E-state index is 12.9. The third-order valence-electron chi connectivity index (χ3n) is 5.73. The van der Waals surface area contributed by atoms with E-state index in [-0.39, 0.29) is 24.4 Å². The van der Waals surface area contributed by atoms with Crippen LogP contribution in [-0.2, 0) is 31.9 Å². The van der Waals surface area contributed by atoms with Crippen molar-refractivity contribution in [2.24, 2.45) is 11.8 Å². The first-order valence-corrected chi connectivity index (χ1v) is 13.3. The fraction of sp³-hybridized carbons (Fsp3) is 0.310. The van der Waals surface area contributed by atoms with Gasteiger partial charge >= 0.3 is 5.97 Å². The third-order valence-corrected chi connectivity index (χ3v) is 6.66. The molecule has 190 valence electrons. The second-order valence-corrected chi connectivity index (χ2v) is 10.00. The lowest BCUT2D eigenvalue weighted by Crippen LogP contribution is -2.30. The van der Waals surface area contributed by atoms with E-state index in [4.69, 9.17) is 9.47 Å². The molecule has 36 heavy (non-hydrogen) atoms. The summed E-state index contributed by atoms with van der Waals surface area (Å²) in [5.74, 6) is -1.55. The van der Waals surface area contributed by atoms with Gasteiger partial charge in [0.1, 0.15) is 12.5 Å². The first-order valence-electron chi connectivity index (χ1n) is 12.2. The quantitative estimate of drug-likeness (QED) is 0.227. The number of carbonyl (C=O) groups is 2. The van der Waals surface area contributed by atoms with E-state index in [2.05, 4.69) is 5.32 Å². The predicted octanol–water partition coefficient (Wildman–Crippen LogP) is 5.99. The molecule has 3 rings (SSSR count). The van der Waals surface area contributed by atoms with Crippen LogP contribution in [0.5, 0.6) is 0 Å². The van der Waals surface area contributed by atoms with Crippen LogP contribution in [0.25, 0.3) is 0 Å². The van der Waals surface area contributed by atoms with Crippen LogP contribution < -0.4 is 5.32 Å². The molecule has 3 atom stereocenters. The molecule has 1 N–H and O–H groups in total. The van der Waals surface area contributed by atoms with Crippen LogP contribution in [0.15, 0.2) is 84.9 Å². The molecular formula is C29H34NO5P. The molecule has 0 heterocycles. The van der Waals surface area contributed by atoms with Gasteiger partial charge in [-0.25, -0.2) is 0 Å². The summed E-state index contributed by atoms with van der Waals surface area (Å²) in [6.07, 6.45) is 1.14. The fourth-order valence-electron chi connectivity index (χ4n) is 3.82. The number of carbonyl (C=O) groups excluding carboxylic acids is 2. The van der Waals surface area contributed by atoms with Crippen LogP contribution in [0.1, 0.15) is 41.8 Å². The molecule has 0 saturated carbocycles. The van der Waals surface area contributed by atoms with Crippen LogP contribution in [0.2, 0.25) is 0 Å². The van der Waals surface area contributed by atoms with Crippen molar-refractivity contribution in [3.63, 3.8) is 0 Å². The van der Waals surface area contributed by atoms with Crippen molar-refractivity contribution in [2.75, 3.05) is 11.9 Å². The van der Waals surface area contributed by atoms with Crippen molar-refractivity contribution >= 4 is 26.0 Å². The number of hydrogen-bond donors (Lipinski definition) is 1. The zero-order valence-corrected chi connectivity index (χ0v) is 21.9. The lowest BCUT2D eigenvalue weighted by Gasteiger charge is -2.24. The largest absolute Gasteiger partial charge is 0.461 e. The molecule has 3 aromatic rings. The standard InChI is InChI=1S/C29H34NO5P/c1-21(2)19-26(28(32)35-20-23-9-5-3-6-10-23)29(36-33)34-18-17-22-13-15-25(16-14-22)30-27(31)24-11-7-4-8-12-24/h3-16,21,26,29H,17-20,36H2,1-2H3,(H,30,31). The second kappa shape index (κ2) is 14.4. The molecule has 7 heteroatoms. The van der Waals surface area contributed by atoms with Gasteiger partial charge in [-0.05, 0) is 54.2 Å². The van der Waals surface area contributed by atoms with Crippen molar-refractivity contribution in [1.29, 1.82) is 0 Å². The molecule has 6 nitrogen and oxygen atoms in total. The Kier molecular flexibility index (Phi) is 10.9. The Hall–Kier alpha value is -3.21. The second-order valence-electron chi connectivity index (χ2n) is 9.07. The minimum atomic E-state index is -1.32. The molecule has 0 radical (unpaired) electrons. The summed E-state index contributed by atoms with van der Waals surface area (Å²) in [7, 11) is -1.32. The van der Waals surface area contributed by atoms with Crippen LogP contribution in [0, 0.1) is 11.8 Å². The Morgan fingerprint density at radius 1 is 0.861 bits per heavy atom. The maximum absolute atomic E-state index is 12.9. The first kappa shape index (κ1) is 27.4. The van der Waals surface area contributed by atoms with Gasteiger partial charge < -0.3 is 19.4 Å². The fourth-order valence-corrected chi connectivity index (χ4v) is 4.54. The van der Waals surface area contributed by atoms with Crippen LogP contribution in [0.4, 0.5) is 5.69 Å². The summed E-state index contributed by atoms with van der Waals surface area (Å²) in [5.41, 5.74) is 3.22. The molecule has 0 spiro atoms. The van der Waals surface area contributed by atoms with E-state index in [0.717, 1.165) is 11.1 Å². The van der Waals surface area contributed by atoms with Gasteiger partial charge in [0.25, 0.3) is 5.91 Å². The zero-order valence-electron chi connectivity index (χ0n) is 20.8. The highest BCUT2D eigenvalue weighted by Crippen LogP contribution is 2.27. The molecule has 0 aliphatic rings. The third kappa shape index (κ3) is 8.78. The van der Waals surface area contributed by atoms with Crippen LogP contribution >= 0.6 is 8.46 Å². The lowest BCUT2D eigenvalue weighted by molar-refractivity contribution is -0.154. The average molecular weight is 508 g/mol. The number of benzene rings is 3. The Morgan fingerprint density at radius 2 is 1.50 bits per heavy atom. The van der Waals surface area contributed by atoms with Crippen LogP contribution in [0.3, 0.4) is 0 Å². The summed E-state index contributed by atoms with van der Waals surface area (Å²) in [5, 5.41) is 2.88. The molecule has 0 aliphatic heterocycles. The topological polar surface area (TPSA) is 81.7 Å². The van der Waals surface area contributed by atoms with Gasteiger partial charge in [-0.15, -0.1) is 0 Å². The van der Waals surface area contributed by atoms with Crippen molar-refractivity contribution in [3.8, 4) is 0 Å². The zero-order chi connectivity index (χ0) is 25.8. The van der Waals surface area contributed by atoms with E-state index in [0.29, 0.717) is 30.7 Å². The molecular weight excluding hydrogens is 473 g/mol. The summed E-state index contributed by atoms with van der Waals surface area (Å²) in [6.45, 7) is 4.55. The molecule has 1 amide bonds. The van der Waals surface area contributed by atoms with Crippen molar-refractivity contribution < 1.29 is 23.6 Å². The Bertz CT molecular complexity index is 1100. The molecule has 0 aliphatic carbocycles.